The third-order valence-corrected chi connectivity index (χ3v) is 6.00. The Bertz CT molecular complexity index is 1030. The number of methoxy groups -OCH3 is 1. The first-order chi connectivity index (χ1) is 13.6. The van der Waals surface area contributed by atoms with Crippen molar-refractivity contribution < 1.29 is 19.4 Å². The monoisotopic (exact) mass is 399 g/mol. The summed E-state index contributed by atoms with van der Waals surface area (Å²) in [5.41, 5.74) is 0.941. The molecule has 0 unspecified atom stereocenters. The van der Waals surface area contributed by atoms with Gasteiger partial charge in [-0.15, -0.1) is 11.3 Å². The van der Waals surface area contributed by atoms with E-state index in [0.717, 1.165) is 36.2 Å². The van der Waals surface area contributed by atoms with Crippen LogP contribution in [-0.2, 0) is 0 Å². The van der Waals surface area contributed by atoms with E-state index in [9.17, 15) is 9.90 Å². The summed E-state index contributed by atoms with van der Waals surface area (Å²) in [6.45, 7) is 3.73. The van der Waals surface area contributed by atoms with E-state index in [1.54, 1.807) is 13.3 Å². The summed E-state index contributed by atoms with van der Waals surface area (Å²) in [4.78, 5) is 22.7. The van der Waals surface area contributed by atoms with E-state index < -0.39 is 5.97 Å². The van der Waals surface area contributed by atoms with Crippen LogP contribution in [0.2, 0.25) is 0 Å². The SMILES string of the molecule is COc1cc2c(Oc3cncnc3N3CCCCC3)c(C(=O)O)sc2cc1C. The largest absolute Gasteiger partial charge is 0.496 e. The van der Waals surface area contributed by atoms with E-state index >= 15 is 0 Å². The number of fused-ring (bicyclic) bond motifs is 1. The Labute approximate surface area is 166 Å². The molecule has 0 atom stereocenters. The van der Waals surface area contributed by atoms with Crippen molar-refractivity contribution >= 4 is 33.2 Å². The van der Waals surface area contributed by atoms with E-state index in [0.29, 0.717) is 28.5 Å². The molecular formula is C20H21N3O4S. The fraction of sp³-hybridized carbons (Fsp3) is 0.350. The normalized spacial score (nSPS) is 14.3. The van der Waals surface area contributed by atoms with Crippen LogP contribution in [0.3, 0.4) is 0 Å². The van der Waals surface area contributed by atoms with Crippen molar-refractivity contribution in [1.29, 1.82) is 0 Å². The van der Waals surface area contributed by atoms with Crippen molar-refractivity contribution in [3.8, 4) is 17.2 Å². The summed E-state index contributed by atoms with van der Waals surface area (Å²) in [5.74, 6) is 1.13. The number of aryl methyl sites for hydroxylation is 1. The molecule has 0 saturated carbocycles. The van der Waals surface area contributed by atoms with Crippen LogP contribution < -0.4 is 14.4 Å². The molecule has 28 heavy (non-hydrogen) atoms. The van der Waals surface area contributed by atoms with E-state index in [2.05, 4.69) is 14.9 Å². The van der Waals surface area contributed by atoms with Crippen molar-refractivity contribution in [1.82, 2.24) is 9.97 Å². The predicted molar refractivity (Wildman–Crippen MR) is 108 cm³/mol. The molecule has 8 heteroatoms. The van der Waals surface area contributed by atoms with Crippen LogP contribution in [0.4, 0.5) is 5.82 Å². The maximum absolute atomic E-state index is 11.9. The lowest BCUT2D eigenvalue weighted by Gasteiger charge is -2.28. The zero-order chi connectivity index (χ0) is 19.7. The van der Waals surface area contributed by atoms with E-state index in [1.165, 1.54) is 24.1 Å². The average Bonchev–Trinajstić information content (AvgIpc) is 3.06. The molecular weight excluding hydrogens is 378 g/mol. The minimum Gasteiger partial charge on any atom is -0.496 e. The first-order valence-corrected chi connectivity index (χ1v) is 9.97. The molecule has 1 saturated heterocycles. The molecule has 4 rings (SSSR count). The van der Waals surface area contributed by atoms with Gasteiger partial charge in [0.2, 0.25) is 0 Å². The standard InChI is InChI=1S/C20H21N3O4S/c1-12-8-16-13(9-14(12)26-2)17(18(28-16)20(24)25)27-15-10-21-11-22-19(15)23-6-4-3-5-7-23/h8-11H,3-7H2,1-2H3,(H,24,25). The highest BCUT2D eigenvalue weighted by molar-refractivity contribution is 7.21. The zero-order valence-electron chi connectivity index (χ0n) is 15.8. The van der Waals surface area contributed by atoms with Gasteiger partial charge >= 0.3 is 5.97 Å². The molecule has 0 spiro atoms. The number of aromatic carboxylic acids is 1. The number of carbonyl (C=O) groups is 1. The van der Waals surface area contributed by atoms with Gasteiger partial charge in [-0.05, 0) is 43.9 Å². The Morgan fingerprint density at radius 1 is 1.21 bits per heavy atom. The first-order valence-electron chi connectivity index (χ1n) is 9.15. The number of hydrogen-bond donors (Lipinski definition) is 1. The molecule has 0 aliphatic carbocycles. The molecule has 0 amide bonds. The highest BCUT2D eigenvalue weighted by Gasteiger charge is 2.24. The van der Waals surface area contributed by atoms with Gasteiger partial charge < -0.3 is 19.5 Å². The van der Waals surface area contributed by atoms with Gasteiger partial charge in [-0.3, -0.25) is 0 Å². The minimum atomic E-state index is -1.02. The quantitative estimate of drug-likeness (QED) is 0.676. The van der Waals surface area contributed by atoms with Crippen molar-refractivity contribution in [3.63, 3.8) is 0 Å². The van der Waals surface area contributed by atoms with Crippen molar-refractivity contribution in [2.24, 2.45) is 0 Å². The first kappa shape index (κ1) is 18.5. The number of carboxylic acid groups (broad SMARTS) is 1. The van der Waals surface area contributed by atoms with Gasteiger partial charge in [0, 0.05) is 23.2 Å². The Hall–Kier alpha value is -2.87. The maximum atomic E-state index is 11.9. The fourth-order valence-electron chi connectivity index (χ4n) is 3.50. The van der Waals surface area contributed by atoms with Crippen molar-refractivity contribution in [2.75, 3.05) is 25.1 Å². The molecule has 0 radical (unpaired) electrons. The third-order valence-electron chi connectivity index (χ3n) is 4.88. The molecule has 1 N–H and O–H groups in total. The van der Waals surface area contributed by atoms with Crippen LogP contribution in [-0.4, -0.2) is 41.2 Å². The number of aromatic nitrogens is 2. The number of anilines is 1. The molecule has 1 fully saturated rings. The summed E-state index contributed by atoms with van der Waals surface area (Å²) in [6.07, 6.45) is 6.49. The number of benzene rings is 1. The number of rotatable bonds is 5. The second-order valence-electron chi connectivity index (χ2n) is 6.74. The van der Waals surface area contributed by atoms with Crippen molar-refractivity contribution in [2.45, 2.75) is 26.2 Å². The number of carboxylic acids is 1. The van der Waals surface area contributed by atoms with Crippen LogP contribution in [0.5, 0.6) is 17.2 Å². The van der Waals surface area contributed by atoms with Gasteiger partial charge in [0.25, 0.3) is 0 Å². The van der Waals surface area contributed by atoms with E-state index in [-0.39, 0.29) is 4.88 Å². The predicted octanol–water partition coefficient (Wildman–Crippen LogP) is 4.49. The number of ether oxygens (including phenoxy) is 2. The Kier molecular flexibility index (Phi) is 5.04. The average molecular weight is 399 g/mol. The molecule has 0 bridgehead atoms. The Balaban J connectivity index is 1.81. The lowest BCUT2D eigenvalue weighted by Crippen LogP contribution is -2.30. The topological polar surface area (TPSA) is 84.8 Å². The van der Waals surface area contributed by atoms with Gasteiger partial charge in [-0.1, -0.05) is 0 Å². The second-order valence-corrected chi connectivity index (χ2v) is 7.80. The lowest BCUT2D eigenvalue weighted by atomic mass is 10.1. The summed E-state index contributed by atoms with van der Waals surface area (Å²) in [7, 11) is 1.60. The van der Waals surface area contributed by atoms with Gasteiger partial charge in [-0.25, -0.2) is 14.8 Å². The number of nitrogens with zero attached hydrogens (tertiary/aromatic N) is 3. The molecule has 1 aromatic carbocycles. The molecule has 1 aliphatic rings. The van der Waals surface area contributed by atoms with Crippen LogP contribution in [0, 0.1) is 6.92 Å². The second kappa shape index (κ2) is 7.63. The molecule has 7 nitrogen and oxygen atoms in total. The molecule has 3 heterocycles. The molecule has 3 aromatic rings. The third kappa shape index (κ3) is 3.35. The zero-order valence-corrected chi connectivity index (χ0v) is 16.6. The smallest absolute Gasteiger partial charge is 0.349 e. The van der Waals surface area contributed by atoms with Crippen LogP contribution in [0.1, 0.15) is 34.5 Å². The summed E-state index contributed by atoms with van der Waals surface area (Å²) in [6, 6.07) is 3.75. The van der Waals surface area contributed by atoms with Gasteiger partial charge in [0.15, 0.2) is 22.2 Å². The van der Waals surface area contributed by atoms with Crippen LogP contribution in [0.15, 0.2) is 24.7 Å². The highest BCUT2D eigenvalue weighted by atomic mass is 32.1. The van der Waals surface area contributed by atoms with Gasteiger partial charge in [-0.2, -0.15) is 0 Å². The number of thiophene rings is 1. The Morgan fingerprint density at radius 3 is 2.71 bits per heavy atom. The van der Waals surface area contributed by atoms with Gasteiger partial charge in [0.05, 0.1) is 13.3 Å². The highest BCUT2D eigenvalue weighted by Crippen LogP contribution is 2.44. The fourth-order valence-corrected chi connectivity index (χ4v) is 4.55. The number of hydrogen-bond acceptors (Lipinski definition) is 7. The molecule has 1 aliphatic heterocycles. The maximum Gasteiger partial charge on any atom is 0.349 e. The Morgan fingerprint density at radius 2 is 2.00 bits per heavy atom. The van der Waals surface area contributed by atoms with Crippen LogP contribution >= 0.6 is 11.3 Å². The summed E-state index contributed by atoms with van der Waals surface area (Å²) >= 11 is 1.19. The summed E-state index contributed by atoms with van der Waals surface area (Å²) < 4.78 is 12.4. The lowest BCUT2D eigenvalue weighted by molar-refractivity contribution is 0.0700. The molecule has 146 valence electrons. The minimum absolute atomic E-state index is 0.149. The number of piperidine rings is 1. The molecule has 2 aromatic heterocycles. The van der Waals surface area contributed by atoms with E-state index in [1.807, 2.05) is 19.1 Å². The van der Waals surface area contributed by atoms with E-state index in [4.69, 9.17) is 9.47 Å². The van der Waals surface area contributed by atoms with Crippen molar-refractivity contribution in [3.05, 3.63) is 35.1 Å². The summed E-state index contributed by atoms with van der Waals surface area (Å²) in [5, 5.41) is 10.4. The van der Waals surface area contributed by atoms with Crippen LogP contribution in [0.25, 0.3) is 10.1 Å². The van der Waals surface area contributed by atoms with Gasteiger partial charge in [0.1, 0.15) is 12.1 Å².